The Kier molecular flexibility index (Phi) is 5.90. The summed E-state index contributed by atoms with van der Waals surface area (Å²) in [6.07, 6.45) is 1.27. The highest BCUT2D eigenvalue weighted by Gasteiger charge is 2.17. The second-order valence-electron chi connectivity index (χ2n) is 6.07. The monoisotopic (exact) mass is 407 g/mol. The lowest BCUT2D eigenvalue weighted by molar-refractivity contribution is -0.132. The van der Waals surface area contributed by atoms with E-state index in [1.807, 2.05) is 0 Å². The average molecular weight is 407 g/mol. The van der Waals surface area contributed by atoms with Crippen LogP contribution >= 0.6 is 0 Å². The molecule has 3 rings (SSSR count). The lowest BCUT2D eigenvalue weighted by Crippen LogP contribution is -2.27. The smallest absolute Gasteiger partial charge is 0.352 e. The molecule has 0 aliphatic rings. The van der Waals surface area contributed by atoms with Crippen LogP contribution in [0.3, 0.4) is 0 Å². The molecule has 3 aromatic carbocycles. The molecule has 0 radical (unpaired) electrons. The van der Waals surface area contributed by atoms with Crippen LogP contribution in [-0.4, -0.2) is 25.4 Å². The standard InChI is InChI=1S/C22H17NO5S/c24-21(17-7-3-1-4-8-17)23-20(22(25)26)15-16-11-13-19(14-12-16)29(27,28)18-9-5-2-6-10-18/h1-15H,(H,23,24)(H,25,26)/b20-15+. The number of carboxylic acids is 1. The Morgan fingerprint density at radius 1 is 0.759 bits per heavy atom. The Morgan fingerprint density at radius 3 is 1.83 bits per heavy atom. The van der Waals surface area contributed by atoms with Crippen LogP contribution in [0.25, 0.3) is 6.08 Å². The van der Waals surface area contributed by atoms with Gasteiger partial charge in [0, 0.05) is 5.56 Å². The number of carbonyl (C=O) groups is 2. The van der Waals surface area contributed by atoms with Crippen molar-refractivity contribution < 1.29 is 23.1 Å². The first kappa shape index (κ1) is 20.0. The summed E-state index contributed by atoms with van der Waals surface area (Å²) in [6.45, 7) is 0. The van der Waals surface area contributed by atoms with Gasteiger partial charge in [-0.15, -0.1) is 0 Å². The number of benzene rings is 3. The largest absolute Gasteiger partial charge is 0.477 e. The van der Waals surface area contributed by atoms with Gasteiger partial charge >= 0.3 is 5.97 Å². The Balaban J connectivity index is 1.85. The van der Waals surface area contributed by atoms with E-state index in [2.05, 4.69) is 5.32 Å². The number of aliphatic carboxylic acids is 1. The Bertz CT molecular complexity index is 1150. The number of hydrogen-bond donors (Lipinski definition) is 2. The molecule has 6 nitrogen and oxygen atoms in total. The minimum atomic E-state index is -3.66. The number of carbonyl (C=O) groups excluding carboxylic acids is 1. The molecule has 0 fully saturated rings. The van der Waals surface area contributed by atoms with E-state index in [1.165, 1.54) is 42.5 Å². The molecule has 0 saturated carbocycles. The van der Waals surface area contributed by atoms with Crippen LogP contribution in [-0.2, 0) is 14.6 Å². The predicted molar refractivity (Wildman–Crippen MR) is 108 cm³/mol. The number of amides is 1. The molecule has 146 valence electrons. The topological polar surface area (TPSA) is 101 Å². The second kappa shape index (κ2) is 8.53. The molecule has 2 N–H and O–H groups in total. The van der Waals surface area contributed by atoms with Crippen LogP contribution in [0.5, 0.6) is 0 Å². The molecular formula is C22H17NO5S. The molecule has 1 amide bonds. The Labute approximate surface area is 168 Å². The van der Waals surface area contributed by atoms with Crippen molar-refractivity contribution in [3.8, 4) is 0 Å². The van der Waals surface area contributed by atoms with Gasteiger partial charge in [-0.1, -0.05) is 48.5 Å². The van der Waals surface area contributed by atoms with Crippen molar-refractivity contribution in [2.75, 3.05) is 0 Å². The molecule has 3 aromatic rings. The number of sulfone groups is 1. The van der Waals surface area contributed by atoms with Crippen molar-refractivity contribution in [2.45, 2.75) is 9.79 Å². The fraction of sp³-hybridized carbons (Fsp3) is 0. The summed E-state index contributed by atoms with van der Waals surface area (Å²) in [7, 11) is -3.66. The van der Waals surface area contributed by atoms with Crippen LogP contribution < -0.4 is 5.32 Å². The van der Waals surface area contributed by atoms with E-state index in [-0.39, 0.29) is 15.5 Å². The van der Waals surface area contributed by atoms with Crippen LogP contribution in [0.4, 0.5) is 0 Å². The first-order valence-corrected chi connectivity index (χ1v) is 10.1. The summed E-state index contributed by atoms with van der Waals surface area (Å²) in [5.41, 5.74) is 0.434. The molecule has 29 heavy (non-hydrogen) atoms. The van der Waals surface area contributed by atoms with Crippen molar-refractivity contribution in [1.29, 1.82) is 0 Å². The van der Waals surface area contributed by atoms with Crippen molar-refractivity contribution >= 4 is 27.8 Å². The van der Waals surface area contributed by atoms with Gasteiger partial charge in [0.05, 0.1) is 9.79 Å². The zero-order chi connectivity index (χ0) is 20.9. The number of carboxylic acid groups (broad SMARTS) is 1. The molecule has 0 spiro atoms. The van der Waals surface area contributed by atoms with E-state index in [1.54, 1.807) is 48.5 Å². The predicted octanol–water partition coefficient (Wildman–Crippen LogP) is 3.37. The highest BCUT2D eigenvalue weighted by atomic mass is 32.2. The molecule has 0 aliphatic heterocycles. The summed E-state index contributed by atoms with van der Waals surface area (Å²) >= 11 is 0. The van der Waals surface area contributed by atoms with Crippen LogP contribution in [0.15, 0.2) is 100 Å². The molecule has 0 unspecified atom stereocenters. The summed E-state index contributed by atoms with van der Waals surface area (Å²) in [5.74, 6) is -1.86. The van der Waals surface area contributed by atoms with E-state index in [4.69, 9.17) is 0 Å². The fourth-order valence-corrected chi connectivity index (χ4v) is 3.86. The summed E-state index contributed by atoms with van der Waals surface area (Å²) in [5, 5.41) is 11.7. The van der Waals surface area contributed by atoms with Gasteiger partial charge in [-0.2, -0.15) is 0 Å². The Morgan fingerprint density at radius 2 is 1.28 bits per heavy atom. The van der Waals surface area contributed by atoms with Gasteiger partial charge in [-0.25, -0.2) is 13.2 Å². The molecular weight excluding hydrogens is 390 g/mol. The highest BCUT2D eigenvalue weighted by molar-refractivity contribution is 7.91. The van der Waals surface area contributed by atoms with Crippen LogP contribution in [0.1, 0.15) is 15.9 Å². The van der Waals surface area contributed by atoms with Gasteiger partial charge < -0.3 is 10.4 Å². The minimum absolute atomic E-state index is 0.0889. The summed E-state index contributed by atoms with van der Waals surface area (Å²) in [6, 6.07) is 22.0. The van der Waals surface area contributed by atoms with Crippen molar-refractivity contribution in [3.05, 3.63) is 102 Å². The first-order chi connectivity index (χ1) is 13.9. The van der Waals surface area contributed by atoms with E-state index in [0.717, 1.165) is 0 Å². The van der Waals surface area contributed by atoms with Gasteiger partial charge in [0.1, 0.15) is 5.70 Å². The maximum atomic E-state index is 12.6. The average Bonchev–Trinajstić information content (AvgIpc) is 2.74. The molecule has 7 heteroatoms. The van der Waals surface area contributed by atoms with Crippen molar-refractivity contribution in [3.63, 3.8) is 0 Å². The van der Waals surface area contributed by atoms with Crippen molar-refractivity contribution in [2.24, 2.45) is 0 Å². The SMILES string of the molecule is O=C(O)/C(=C\c1ccc(S(=O)(=O)c2ccccc2)cc1)NC(=O)c1ccccc1. The lowest BCUT2D eigenvalue weighted by Gasteiger charge is -2.07. The van der Waals surface area contributed by atoms with E-state index in [9.17, 15) is 23.1 Å². The molecule has 0 heterocycles. The molecule has 0 aliphatic carbocycles. The van der Waals surface area contributed by atoms with E-state index < -0.39 is 21.7 Å². The van der Waals surface area contributed by atoms with Gasteiger partial charge in [-0.3, -0.25) is 4.79 Å². The van der Waals surface area contributed by atoms with Gasteiger partial charge in [0.25, 0.3) is 5.91 Å². The molecule has 0 saturated heterocycles. The third-order valence-corrected chi connectivity index (χ3v) is 5.86. The van der Waals surface area contributed by atoms with Gasteiger partial charge in [-0.05, 0) is 48.0 Å². The lowest BCUT2D eigenvalue weighted by atomic mass is 10.1. The minimum Gasteiger partial charge on any atom is -0.477 e. The quantitative estimate of drug-likeness (QED) is 0.610. The van der Waals surface area contributed by atoms with Crippen LogP contribution in [0.2, 0.25) is 0 Å². The number of rotatable bonds is 6. The Hall–Kier alpha value is -3.71. The summed E-state index contributed by atoms with van der Waals surface area (Å²) < 4.78 is 25.2. The van der Waals surface area contributed by atoms with Gasteiger partial charge in [0.15, 0.2) is 0 Å². The number of nitrogens with one attached hydrogen (secondary N) is 1. The third-order valence-electron chi connectivity index (χ3n) is 4.07. The molecule has 0 bridgehead atoms. The maximum absolute atomic E-state index is 12.6. The molecule has 0 aromatic heterocycles. The van der Waals surface area contributed by atoms with E-state index in [0.29, 0.717) is 11.1 Å². The maximum Gasteiger partial charge on any atom is 0.352 e. The van der Waals surface area contributed by atoms with Crippen molar-refractivity contribution in [1.82, 2.24) is 5.32 Å². The zero-order valence-electron chi connectivity index (χ0n) is 15.1. The normalized spacial score (nSPS) is 11.7. The molecule has 0 atom stereocenters. The summed E-state index contributed by atoms with van der Waals surface area (Å²) in [4.78, 5) is 24.0. The van der Waals surface area contributed by atoms with E-state index >= 15 is 0 Å². The highest BCUT2D eigenvalue weighted by Crippen LogP contribution is 2.21. The zero-order valence-corrected chi connectivity index (χ0v) is 16.0. The first-order valence-electron chi connectivity index (χ1n) is 8.59. The second-order valence-corrected chi connectivity index (χ2v) is 8.02. The van der Waals surface area contributed by atoms with Crippen LogP contribution in [0, 0.1) is 0 Å². The fourth-order valence-electron chi connectivity index (χ4n) is 2.58. The van der Waals surface area contributed by atoms with Gasteiger partial charge in [0.2, 0.25) is 9.84 Å². The third kappa shape index (κ3) is 4.77. The number of hydrogen-bond acceptors (Lipinski definition) is 4.